The fraction of sp³-hybridized carbons (Fsp3) is 0.111. The lowest BCUT2D eigenvalue weighted by atomic mass is 10.2. The monoisotopic (exact) mass is 195 g/mol. The maximum Gasteiger partial charge on any atom is 0.203 e. The molecule has 2 rings (SSSR count). The number of hydrogen-bond donors (Lipinski definition) is 1. The molecule has 0 saturated carbocycles. The molecule has 13 heavy (non-hydrogen) atoms. The van der Waals surface area contributed by atoms with Crippen LogP contribution in [-0.2, 0) is 11.1 Å². The second kappa shape index (κ2) is 3.22. The van der Waals surface area contributed by atoms with Crippen LogP contribution in [0, 0.1) is 0 Å². The van der Waals surface area contributed by atoms with Gasteiger partial charge in [0, 0.05) is 23.4 Å². The molecule has 1 aromatic heterocycles. The second-order valence-corrected chi connectivity index (χ2v) is 3.68. The largest absolute Gasteiger partial charge is 0.401 e. The van der Waals surface area contributed by atoms with Gasteiger partial charge in [-0.05, 0) is 24.3 Å². The normalized spacial score (nSPS) is 13.0. The summed E-state index contributed by atoms with van der Waals surface area (Å²) in [4.78, 5) is 3.07. The molecule has 0 amide bonds. The maximum atomic E-state index is 10.8. The van der Waals surface area contributed by atoms with E-state index in [0.29, 0.717) is 5.75 Å². The molecular weight excluding hydrogens is 186 g/mol. The molecule has 1 aromatic carbocycles. The SMILES string of the molecule is CS(=O)Oc1ccc2[nH]ccc2c1. The van der Waals surface area contributed by atoms with Crippen LogP contribution in [0.5, 0.6) is 5.75 Å². The molecule has 0 aliphatic rings. The summed E-state index contributed by atoms with van der Waals surface area (Å²) in [6.45, 7) is 0. The van der Waals surface area contributed by atoms with Gasteiger partial charge in [-0.2, -0.15) is 0 Å². The first kappa shape index (κ1) is 8.31. The third-order valence-corrected chi connectivity index (χ3v) is 2.17. The fourth-order valence-electron chi connectivity index (χ4n) is 1.22. The minimum absolute atomic E-state index is 0.632. The lowest BCUT2D eigenvalue weighted by Gasteiger charge is -2.00. The number of hydrogen-bond acceptors (Lipinski definition) is 2. The van der Waals surface area contributed by atoms with Crippen molar-refractivity contribution in [2.45, 2.75) is 0 Å². The number of aromatic nitrogens is 1. The average Bonchev–Trinajstić information content (AvgIpc) is 2.49. The first-order valence-electron chi connectivity index (χ1n) is 3.84. The Morgan fingerprint density at radius 3 is 3.00 bits per heavy atom. The van der Waals surface area contributed by atoms with E-state index in [4.69, 9.17) is 4.18 Å². The quantitative estimate of drug-likeness (QED) is 0.794. The molecule has 1 unspecified atom stereocenters. The van der Waals surface area contributed by atoms with Crippen LogP contribution in [0.4, 0.5) is 0 Å². The van der Waals surface area contributed by atoms with E-state index in [-0.39, 0.29) is 0 Å². The summed E-state index contributed by atoms with van der Waals surface area (Å²) >= 11 is -1.26. The predicted octanol–water partition coefficient (Wildman–Crippen LogP) is 1.84. The van der Waals surface area contributed by atoms with Crippen molar-refractivity contribution in [1.29, 1.82) is 0 Å². The minimum atomic E-state index is -1.26. The molecule has 1 N–H and O–H groups in total. The highest BCUT2D eigenvalue weighted by molar-refractivity contribution is 7.79. The average molecular weight is 195 g/mol. The number of rotatable bonds is 2. The Bertz CT molecular complexity index is 450. The van der Waals surface area contributed by atoms with Crippen molar-refractivity contribution in [1.82, 2.24) is 4.98 Å². The Morgan fingerprint density at radius 2 is 2.23 bits per heavy atom. The summed E-state index contributed by atoms with van der Waals surface area (Å²) in [5.74, 6) is 0.632. The molecule has 4 heteroatoms. The number of nitrogens with one attached hydrogen (secondary N) is 1. The highest BCUT2D eigenvalue weighted by Gasteiger charge is 1.99. The van der Waals surface area contributed by atoms with Gasteiger partial charge in [0.1, 0.15) is 5.75 Å². The van der Waals surface area contributed by atoms with Crippen LogP contribution in [0.25, 0.3) is 10.9 Å². The Labute approximate surface area is 78.4 Å². The van der Waals surface area contributed by atoms with E-state index in [0.717, 1.165) is 10.9 Å². The Morgan fingerprint density at radius 1 is 1.38 bits per heavy atom. The molecule has 0 saturated heterocycles. The van der Waals surface area contributed by atoms with E-state index in [1.54, 1.807) is 6.07 Å². The molecule has 0 aliphatic heterocycles. The molecule has 68 valence electrons. The molecule has 0 spiro atoms. The lowest BCUT2D eigenvalue weighted by molar-refractivity contribution is 0.568. The first-order valence-corrected chi connectivity index (χ1v) is 5.33. The molecule has 2 aromatic rings. The van der Waals surface area contributed by atoms with Gasteiger partial charge in [0.25, 0.3) is 0 Å². The second-order valence-electron chi connectivity index (χ2n) is 2.71. The van der Waals surface area contributed by atoms with E-state index in [2.05, 4.69) is 4.98 Å². The zero-order chi connectivity index (χ0) is 9.26. The van der Waals surface area contributed by atoms with Crippen LogP contribution in [0.3, 0.4) is 0 Å². The summed E-state index contributed by atoms with van der Waals surface area (Å²) in [5.41, 5.74) is 1.05. The first-order chi connectivity index (χ1) is 6.25. The van der Waals surface area contributed by atoms with Crippen LogP contribution in [0.1, 0.15) is 0 Å². The summed E-state index contributed by atoms with van der Waals surface area (Å²) in [7, 11) is 0. The zero-order valence-corrected chi connectivity index (χ0v) is 7.93. The van der Waals surface area contributed by atoms with Crippen molar-refractivity contribution >= 4 is 22.0 Å². The van der Waals surface area contributed by atoms with Crippen molar-refractivity contribution < 1.29 is 8.39 Å². The van der Waals surface area contributed by atoms with Gasteiger partial charge in [0.15, 0.2) is 0 Å². The molecule has 0 fully saturated rings. The molecule has 1 atom stereocenters. The topological polar surface area (TPSA) is 42.1 Å². The maximum absolute atomic E-state index is 10.8. The highest BCUT2D eigenvalue weighted by atomic mass is 32.2. The van der Waals surface area contributed by atoms with Crippen LogP contribution < -0.4 is 4.18 Å². The van der Waals surface area contributed by atoms with E-state index in [1.165, 1.54) is 6.26 Å². The van der Waals surface area contributed by atoms with Crippen molar-refractivity contribution in [3.8, 4) is 5.75 Å². The number of aromatic amines is 1. The molecule has 0 radical (unpaired) electrons. The fourth-order valence-corrected chi connectivity index (χ4v) is 1.59. The standard InChI is InChI=1S/C9H9NO2S/c1-13(11)12-8-2-3-9-7(6-8)4-5-10-9/h2-6,10H,1H3. The predicted molar refractivity (Wildman–Crippen MR) is 53.0 cm³/mol. The zero-order valence-electron chi connectivity index (χ0n) is 7.11. The Kier molecular flexibility index (Phi) is 2.06. The smallest absolute Gasteiger partial charge is 0.203 e. The Hall–Kier alpha value is -1.29. The van der Waals surface area contributed by atoms with E-state index < -0.39 is 11.1 Å². The van der Waals surface area contributed by atoms with Gasteiger partial charge in [-0.1, -0.05) is 0 Å². The van der Waals surface area contributed by atoms with Crippen molar-refractivity contribution in [2.75, 3.05) is 6.26 Å². The molecule has 3 nitrogen and oxygen atoms in total. The molecule has 0 bridgehead atoms. The van der Waals surface area contributed by atoms with Gasteiger partial charge in [0.2, 0.25) is 11.1 Å². The van der Waals surface area contributed by atoms with E-state index in [1.807, 2.05) is 24.4 Å². The van der Waals surface area contributed by atoms with Gasteiger partial charge in [-0.15, -0.1) is 0 Å². The Balaban J connectivity index is 2.42. The lowest BCUT2D eigenvalue weighted by Crippen LogP contribution is -1.95. The van der Waals surface area contributed by atoms with Gasteiger partial charge in [-0.25, -0.2) is 4.21 Å². The van der Waals surface area contributed by atoms with Crippen molar-refractivity contribution in [3.05, 3.63) is 30.5 Å². The van der Waals surface area contributed by atoms with Gasteiger partial charge in [-0.3, -0.25) is 0 Å². The van der Waals surface area contributed by atoms with Crippen LogP contribution in [0.15, 0.2) is 30.5 Å². The summed E-state index contributed by atoms with van der Waals surface area (Å²) in [6, 6.07) is 7.49. The van der Waals surface area contributed by atoms with Crippen LogP contribution in [-0.4, -0.2) is 15.4 Å². The van der Waals surface area contributed by atoms with E-state index in [9.17, 15) is 4.21 Å². The van der Waals surface area contributed by atoms with Crippen molar-refractivity contribution in [3.63, 3.8) is 0 Å². The molecule has 1 heterocycles. The highest BCUT2D eigenvalue weighted by Crippen LogP contribution is 2.19. The van der Waals surface area contributed by atoms with E-state index >= 15 is 0 Å². The molecule has 0 aliphatic carbocycles. The summed E-state index contributed by atoms with van der Waals surface area (Å²) in [5, 5.41) is 1.06. The third kappa shape index (κ3) is 1.72. The number of fused-ring (bicyclic) bond motifs is 1. The van der Waals surface area contributed by atoms with Gasteiger partial charge in [0.05, 0.1) is 0 Å². The van der Waals surface area contributed by atoms with Gasteiger partial charge < -0.3 is 9.17 Å². The van der Waals surface area contributed by atoms with Crippen LogP contribution >= 0.6 is 0 Å². The summed E-state index contributed by atoms with van der Waals surface area (Å²) in [6.07, 6.45) is 3.36. The summed E-state index contributed by atoms with van der Waals surface area (Å²) < 4.78 is 15.8. The molecular formula is C9H9NO2S. The number of benzene rings is 1. The van der Waals surface area contributed by atoms with Crippen molar-refractivity contribution in [2.24, 2.45) is 0 Å². The third-order valence-electron chi connectivity index (χ3n) is 1.74. The van der Waals surface area contributed by atoms with Crippen LogP contribution in [0.2, 0.25) is 0 Å². The van der Waals surface area contributed by atoms with Gasteiger partial charge >= 0.3 is 0 Å². The number of H-pyrrole nitrogens is 1. The minimum Gasteiger partial charge on any atom is -0.401 e.